The molecule has 0 heterocycles. The molecule has 0 fully saturated rings. The fourth-order valence-corrected chi connectivity index (χ4v) is 1.19. The molecule has 1 aromatic rings. The van der Waals surface area contributed by atoms with E-state index < -0.39 is 29.0 Å². The van der Waals surface area contributed by atoms with Crippen molar-refractivity contribution < 1.29 is 13.6 Å². The maximum Gasteiger partial charge on any atom is 0.241 e. The summed E-state index contributed by atoms with van der Waals surface area (Å²) in [4.78, 5) is 11.7. The van der Waals surface area contributed by atoms with Crippen molar-refractivity contribution in [2.75, 3.05) is 5.32 Å². The van der Waals surface area contributed by atoms with Crippen LogP contribution in [-0.4, -0.2) is 11.9 Å². The number of carbonyl (C=O) groups is 1. The number of rotatable bonds is 2. The number of amides is 1. The van der Waals surface area contributed by atoms with Gasteiger partial charge in [0, 0.05) is 6.07 Å². The Morgan fingerprint density at radius 2 is 1.89 bits per heavy atom. The maximum atomic E-state index is 13.3. The van der Waals surface area contributed by atoms with Crippen LogP contribution in [0, 0.1) is 17.0 Å². The molecule has 0 aliphatic carbocycles. The summed E-state index contributed by atoms with van der Waals surface area (Å²) in [6, 6.07) is 2.17. The molecule has 18 heavy (non-hydrogen) atoms. The fraction of sp³-hybridized carbons (Fsp3) is 0.417. The van der Waals surface area contributed by atoms with Crippen LogP contribution in [-0.2, 0) is 4.79 Å². The first-order valence-electron chi connectivity index (χ1n) is 5.23. The Labute approximate surface area is 111 Å². The summed E-state index contributed by atoms with van der Waals surface area (Å²) in [7, 11) is 0. The Hall–Kier alpha value is -1.20. The van der Waals surface area contributed by atoms with Crippen molar-refractivity contribution in [2.45, 2.75) is 26.8 Å². The summed E-state index contributed by atoms with van der Waals surface area (Å²) in [5.74, 6) is -2.01. The Morgan fingerprint density at radius 3 is 2.33 bits per heavy atom. The van der Waals surface area contributed by atoms with E-state index in [0.29, 0.717) is 6.07 Å². The van der Waals surface area contributed by atoms with Crippen molar-refractivity contribution in [3.8, 4) is 0 Å². The lowest BCUT2D eigenvalue weighted by Gasteiger charge is -2.25. The zero-order chi connectivity index (χ0) is 13.2. The van der Waals surface area contributed by atoms with Gasteiger partial charge in [-0.3, -0.25) is 4.79 Å². The molecular weight excluding hydrogens is 262 g/mol. The fourth-order valence-electron chi connectivity index (χ4n) is 1.19. The molecule has 3 nitrogen and oxygen atoms in total. The van der Waals surface area contributed by atoms with E-state index >= 15 is 0 Å². The smallest absolute Gasteiger partial charge is 0.241 e. The van der Waals surface area contributed by atoms with Gasteiger partial charge in [0.1, 0.15) is 11.6 Å². The van der Waals surface area contributed by atoms with E-state index in [9.17, 15) is 13.6 Å². The minimum absolute atomic E-state index is 0. The highest BCUT2D eigenvalue weighted by molar-refractivity contribution is 5.95. The van der Waals surface area contributed by atoms with Gasteiger partial charge in [-0.15, -0.1) is 12.4 Å². The first-order valence-corrected chi connectivity index (χ1v) is 5.23. The summed E-state index contributed by atoms with van der Waals surface area (Å²) in [5.41, 5.74) is 5.21. The molecule has 1 amide bonds. The van der Waals surface area contributed by atoms with Crippen molar-refractivity contribution in [1.82, 2.24) is 0 Å². The summed E-state index contributed by atoms with van der Waals surface area (Å²) in [6.45, 7) is 5.41. The van der Waals surface area contributed by atoms with Crippen LogP contribution in [0.1, 0.15) is 20.8 Å². The first-order chi connectivity index (χ1) is 7.71. The molecule has 0 saturated heterocycles. The Morgan fingerprint density at radius 1 is 1.33 bits per heavy atom. The first kappa shape index (κ1) is 16.8. The monoisotopic (exact) mass is 278 g/mol. The second-order valence-electron chi connectivity index (χ2n) is 4.96. The summed E-state index contributed by atoms with van der Waals surface area (Å²) < 4.78 is 25.9. The SMILES string of the molecule is CC(C)(C)[C@H](N)C(=O)Nc1ccc(F)cc1F.Cl. The van der Waals surface area contributed by atoms with Gasteiger partial charge >= 0.3 is 0 Å². The molecule has 0 radical (unpaired) electrons. The van der Waals surface area contributed by atoms with E-state index in [1.165, 1.54) is 0 Å². The number of nitrogens with two attached hydrogens (primary N) is 1. The molecule has 0 aliphatic rings. The van der Waals surface area contributed by atoms with E-state index in [-0.39, 0.29) is 18.1 Å². The predicted octanol–water partition coefficient (Wildman–Crippen LogP) is 2.70. The van der Waals surface area contributed by atoms with Crippen LogP contribution in [0.25, 0.3) is 0 Å². The van der Waals surface area contributed by atoms with Crippen LogP contribution in [0.3, 0.4) is 0 Å². The summed E-state index contributed by atoms with van der Waals surface area (Å²) >= 11 is 0. The van der Waals surface area contributed by atoms with Gasteiger partial charge in [0.15, 0.2) is 0 Å². The van der Waals surface area contributed by atoms with E-state index in [1.807, 2.05) is 0 Å². The molecule has 0 saturated carbocycles. The zero-order valence-corrected chi connectivity index (χ0v) is 11.3. The Kier molecular flexibility index (Phi) is 5.70. The number of carbonyl (C=O) groups excluding carboxylic acids is 1. The van der Waals surface area contributed by atoms with Crippen LogP contribution in [0.5, 0.6) is 0 Å². The van der Waals surface area contributed by atoms with Gasteiger partial charge in [-0.05, 0) is 17.5 Å². The highest BCUT2D eigenvalue weighted by Crippen LogP contribution is 2.20. The number of halogens is 3. The van der Waals surface area contributed by atoms with Gasteiger partial charge in [0.05, 0.1) is 11.7 Å². The molecular formula is C12H17ClF2N2O. The highest BCUT2D eigenvalue weighted by Gasteiger charge is 2.27. The highest BCUT2D eigenvalue weighted by atomic mass is 35.5. The normalized spacial score (nSPS) is 12.6. The summed E-state index contributed by atoms with van der Waals surface area (Å²) in [6.07, 6.45) is 0. The van der Waals surface area contributed by atoms with Crippen LogP contribution in [0.4, 0.5) is 14.5 Å². The minimum atomic E-state index is -0.820. The standard InChI is InChI=1S/C12H16F2N2O.ClH/c1-12(2,3)10(15)11(17)16-9-5-4-7(13)6-8(9)14;/h4-6,10H,15H2,1-3H3,(H,16,17);1H/t10-;/m1./s1. The molecule has 0 aliphatic heterocycles. The number of anilines is 1. The maximum absolute atomic E-state index is 13.3. The van der Waals surface area contributed by atoms with Crippen molar-refractivity contribution in [3.63, 3.8) is 0 Å². The van der Waals surface area contributed by atoms with Gasteiger partial charge in [0.25, 0.3) is 0 Å². The average molecular weight is 279 g/mol. The third-order valence-electron chi connectivity index (χ3n) is 2.40. The minimum Gasteiger partial charge on any atom is -0.322 e. The van der Waals surface area contributed by atoms with E-state index in [4.69, 9.17) is 5.73 Å². The Bertz CT molecular complexity index is 433. The molecule has 0 spiro atoms. The zero-order valence-electron chi connectivity index (χ0n) is 10.5. The lowest BCUT2D eigenvalue weighted by atomic mass is 9.87. The average Bonchev–Trinajstić information content (AvgIpc) is 2.19. The van der Waals surface area contributed by atoms with Gasteiger partial charge in [0.2, 0.25) is 5.91 Å². The lowest BCUT2D eigenvalue weighted by Crippen LogP contribution is -2.45. The van der Waals surface area contributed by atoms with Crippen molar-refractivity contribution in [3.05, 3.63) is 29.8 Å². The molecule has 1 aromatic carbocycles. The van der Waals surface area contributed by atoms with Crippen LogP contribution >= 0.6 is 12.4 Å². The van der Waals surface area contributed by atoms with Gasteiger partial charge < -0.3 is 11.1 Å². The van der Waals surface area contributed by atoms with Gasteiger partial charge in [-0.1, -0.05) is 20.8 Å². The molecule has 0 bridgehead atoms. The second-order valence-corrected chi connectivity index (χ2v) is 4.96. The predicted molar refractivity (Wildman–Crippen MR) is 69.7 cm³/mol. The van der Waals surface area contributed by atoms with Crippen LogP contribution < -0.4 is 11.1 Å². The summed E-state index contributed by atoms with van der Waals surface area (Å²) in [5, 5.41) is 2.34. The quantitative estimate of drug-likeness (QED) is 0.874. The molecule has 1 atom stereocenters. The Balaban J connectivity index is 0.00000289. The largest absolute Gasteiger partial charge is 0.322 e. The third kappa shape index (κ3) is 4.23. The van der Waals surface area contributed by atoms with Gasteiger partial charge in [-0.2, -0.15) is 0 Å². The third-order valence-corrected chi connectivity index (χ3v) is 2.40. The van der Waals surface area contributed by atoms with Crippen molar-refractivity contribution in [1.29, 1.82) is 0 Å². The number of hydrogen-bond donors (Lipinski definition) is 2. The van der Waals surface area contributed by atoms with Crippen molar-refractivity contribution in [2.24, 2.45) is 11.1 Å². The van der Waals surface area contributed by atoms with E-state index in [0.717, 1.165) is 12.1 Å². The number of hydrogen-bond acceptors (Lipinski definition) is 2. The molecule has 6 heteroatoms. The van der Waals surface area contributed by atoms with E-state index in [2.05, 4.69) is 5.32 Å². The van der Waals surface area contributed by atoms with Crippen LogP contribution in [0.2, 0.25) is 0 Å². The topological polar surface area (TPSA) is 55.1 Å². The molecule has 3 N–H and O–H groups in total. The van der Waals surface area contributed by atoms with E-state index in [1.54, 1.807) is 20.8 Å². The molecule has 1 rings (SSSR count). The molecule has 102 valence electrons. The van der Waals surface area contributed by atoms with Crippen LogP contribution in [0.15, 0.2) is 18.2 Å². The second kappa shape index (κ2) is 6.11. The number of nitrogens with one attached hydrogen (secondary N) is 1. The van der Waals surface area contributed by atoms with Crippen molar-refractivity contribution >= 4 is 24.0 Å². The van der Waals surface area contributed by atoms with Gasteiger partial charge in [-0.25, -0.2) is 8.78 Å². The number of benzene rings is 1. The molecule has 0 unspecified atom stereocenters. The molecule has 0 aromatic heterocycles. The lowest BCUT2D eigenvalue weighted by molar-refractivity contribution is -0.119.